The number of fused-ring (bicyclic) bond motifs is 1. The fraction of sp³-hybridized carbons (Fsp3) is 0.125. The number of hydrogen-bond donors (Lipinski definition) is 1. The van der Waals surface area contributed by atoms with Crippen molar-refractivity contribution in [1.82, 2.24) is 9.55 Å². The largest absolute Gasteiger partial charge is 0.331 e. The maximum absolute atomic E-state index is 12.5. The second kappa shape index (κ2) is 5.17. The summed E-state index contributed by atoms with van der Waals surface area (Å²) in [6.45, 7) is 1.99. The van der Waals surface area contributed by atoms with Gasteiger partial charge in [-0.15, -0.1) is 0 Å². The molecule has 0 saturated heterocycles. The molecule has 2 aromatic carbocycles. The number of carbonyl (C=O) groups is 1. The van der Waals surface area contributed by atoms with E-state index in [1.54, 1.807) is 4.57 Å². The molecular formula is C16H15N3O. The van der Waals surface area contributed by atoms with E-state index in [4.69, 9.17) is 0 Å². The van der Waals surface area contributed by atoms with Crippen molar-refractivity contribution < 1.29 is 4.79 Å². The van der Waals surface area contributed by atoms with Crippen LogP contribution in [0.4, 0.5) is 10.5 Å². The van der Waals surface area contributed by atoms with Crippen molar-refractivity contribution in [2.75, 3.05) is 5.32 Å². The van der Waals surface area contributed by atoms with Crippen molar-refractivity contribution >= 4 is 22.8 Å². The molecule has 3 aromatic rings. The predicted octanol–water partition coefficient (Wildman–Crippen LogP) is 3.68. The van der Waals surface area contributed by atoms with Gasteiger partial charge in [-0.25, -0.2) is 14.3 Å². The molecule has 0 saturated carbocycles. The molecular weight excluding hydrogens is 250 g/mol. The molecule has 1 heterocycles. The molecule has 100 valence electrons. The van der Waals surface area contributed by atoms with Crippen molar-refractivity contribution in [2.24, 2.45) is 0 Å². The summed E-state index contributed by atoms with van der Waals surface area (Å²) in [5, 5.41) is 2.90. The lowest BCUT2D eigenvalue weighted by atomic mass is 10.3. The highest BCUT2D eigenvalue weighted by Crippen LogP contribution is 2.17. The van der Waals surface area contributed by atoms with E-state index < -0.39 is 0 Å². The molecule has 0 aliphatic heterocycles. The first-order chi connectivity index (χ1) is 9.79. The van der Waals surface area contributed by atoms with Gasteiger partial charge in [0.2, 0.25) is 0 Å². The lowest BCUT2D eigenvalue weighted by molar-refractivity contribution is 0.253. The summed E-state index contributed by atoms with van der Waals surface area (Å²) in [4.78, 5) is 17.0. The van der Waals surface area contributed by atoms with Gasteiger partial charge in [0.25, 0.3) is 0 Å². The van der Waals surface area contributed by atoms with Crippen LogP contribution in [0.25, 0.3) is 11.0 Å². The van der Waals surface area contributed by atoms with Gasteiger partial charge in [0.15, 0.2) is 0 Å². The van der Waals surface area contributed by atoms with E-state index in [1.807, 2.05) is 61.5 Å². The second-order valence-electron chi connectivity index (χ2n) is 4.50. The smallest absolute Gasteiger partial charge is 0.307 e. The molecule has 1 aromatic heterocycles. The number of aryl methyl sites for hydroxylation is 1. The Kier molecular flexibility index (Phi) is 3.21. The first-order valence-corrected chi connectivity index (χ1v) is 6.62. The molecule has 20 heavy (non-hydrogen) atoms. The fourth-order valence-electron chi connectivity index (χ4n) is 2.24. The van der Waals surface area contributed by atoms with Crippen LogP contribution in [0.1, 0.15) is 12.7 Å². The summed E-state index contributed by atoms with van der Waals surface area (Å²) < 4.78 is 1.64. The second-order valence-corrected chi connectivity index (χ2v) is 4.50. The zero-order chi connectivity index (χ0) is 13.9. The van der Waals surface area contributed by atoms with E-state index in [-0.39, 0.29) is 6.03 Å². The predicted molar refractivity (Wildman–Crippen MR) is 80.0 cm³/mol. The van der Waals surface area contributed by atoms with Crippen LogP contribution in [0.2, 0.25) is 0 Å². The Labute approximate surface area is 117 Å². The monoisotopic (exact) mass is 265 g/mol. The molecule has 3 rings (SSSR count). The van der Waals surface area contributed by atoms with E-state index in [9.17, 15) is 4.79 Å². The number of aromatic nitrogens is 2. The number of nitrogens with one attached hydrogen (secondary N) is 1. The molecule has 4 nitrogen and oxygen atoms in total. The molecule has 0 spiro atoms. The number of imidazole rings is 1. The minimum absolute atomic E-state index is 0.179. The van der Waals surface area contributed by atoms with Crippen molar-refractivity contribution in [3.05, 3.63) is 60.4 Å². The molecule has 0 fully saturated rings. The number of para-hydroxylation sites is 3. The van der Waals surface area contributed by atoms with Crippen molar-refractivity contribution in [1.29, 1.82) is 0 Å². The lowest BCUT2D eigenvalue weighted by Crippen LogP contribution is -2.21. The number of nitrogens with zero attached hydrogens (tertiary/aromatic N) is 2. The molecule has 0 aliphatic carbocycles. The van der Waals surface area contributed by atoms with Crippen LogP contribution in [-0.2, 0) is 6.42 Å². The van der Waals surface area contributed by atoms with Crippen molar-refractivity contribution in [3.63, 3.8) is 0 Å². The topological polar surface area (TPSA) is 46.9 Å². The highest BCUT2D eigenvalue weighted by Gasteiger charge is 2.15. The number of hydrogen-bond acceptors (Lipinski definition) is 2. The molecule has 0 unspecified atom stereocenters. The summed E-state index contributed by atoms with van der Waals surface area (Å²) in [6.07, 6.45) is 0.705. The van der Waals surface area contributed by atoms with Crippen LogP contribution in [0.3, 0.4) is 0 Å². The Balaban J connectivity index is 2.02. The summed E-state index contributed by atoms with van der Waals surface area (Å²) >= 11 is 0. The van der Waals surface area contributed by atoms with E-state index in [2.05, 4.69) is 10.3 Å². The zero-order valence-electron chi connectivity index (χ0n) is 11.2. The highest BCUT2D eigenvalue weighted by molar-refractivity contribution is 5.97. The highest BCUT2D eigenvalue weighted by atomic mass is 16.2. The normalized spacial score (nSPS) is 10.7. The third kappa shape index (κ3) is 2.16. The first-order valence-electron chi connectivity index (χ1n) is 6.62. The Morgan fingerprint density at radius 2 is 1.80 bits per heavy atom. The quantitative estimate of drug-likeness (QED) is 0.768. The average molecular weight is 265 g/mol. The SMILES string of the molecule is CCc1nc2ccccc2n1C(=O)Nc1ccccc1. The van der Waals surface area contributed by atoms with Crippen LogP contribution in [0.5, 0.6) is 0 Å². The van der Waals surface area contributed by atoms with Gasteiger partial charge in [-0.1, -0.05) is 37.3 Å². The number of amides is 1. The molecule has 0 atom stereocenters. The lowest BCUT2D eigenvalue weighted by Gasteiger charge is -2.08. The van der Waals surface area contributed by atoms with E-state index >= 15 is 0 Å². The Hall–Kier alpha value is -2.62. The summed E-state index contributed by atoms with van der Waals surface area (Å²) in [5.74, 6) is 0.764. The average Bonchev–Trinajstić information content (AvgIpc) is 2.86. The molecule has 4 heteroatoms. The molecule has 0 bridgehead atoms. The first kappa shape index (κ1) is 12.4. The summed E-state index contributed by atoms with van der Waals surface area (Å²) in [5.41, 5.74) is 2.45. The third-order valence-electron chi connectivity index (χ3n) is 3.17. The Morgan fingerprint density at radius 1 is 1.10 bits per heavy atom. The Morgan fingerprint density at radius 3 is 2.55 bits per heavy atom. The van der Waals surface area contributed by atoms with E-state index in [0.717, 1.165) is 22.5 Å². The van der Waals surface area contributed by atoms with Gasteiger partial charge >= 0.3 is 6.03 Å². The fourth-order valence-corrected chi connectivity index (χ4v) is 2.24. The number of rotatable bonds is 2. The molecule has 0 radical (unpaired) electrons. The van der Waals surface area contributed by atoms with Crippen LogP contribution >= 0.6 is 0 Å². The van der Waals surface area contributed by atoms with Crippen LogP contribution in [0, 0.1) is 0 Å². The van der Waals surface area contributed by atoms with Crippen LogP contribution in [0.15, 0.2) is 54.6 Å². The van der Waals surface area contributed by atoms with E-state index in [1.165, 1.54) is 0 Å². The van der Waals surface area contributed by atoms with Gasteiger partial charge in [-0.2, -0.15) is 0 Å². The standard InChI is InChI=1S/C16H15N3O/c1-2-15-18-13-10-6-7-11-14(13)19(15)16(20)17-12-8-4-3-5-9-12/h3-11H,2H2,1H3,(H,17,20). The number of anilines is 1. The minimum atomic E-state index is -0.179. The van der Waals surface area contributed by atoms with Crippen LogP contribution < -0.4 is 5.32 Å². The molecule has 1 N–H and O–H groups in total. The number of carbonyl (C=O) groups excluding carboxylic acids is 1. The Bertz CT molecular complexity index is 747. The van der Waals surface area contributed by atoms with Crippen LogP contribution in [-0.4, -0.2) is 15.6 Å². The maximum Gasteiger partial charge on any atom is 0.331 e. The third-order valence-corrected chi connectivity index (χ3v) is 3.17. The number of benzene rings is 2. The zero-order valence-corrected chi connectivity index (χ0v) is 11.2. The maximum atomic E-state index is 12.5. The van der Waals surface area contributed by atoms with Gasteiger partial charge in [0.05, 0.1) is 11.0 Å². The van der Waals surface area contributed by atoms with Crippen molar-refractivity contribution in [2.45, 2.75) is 13.3 Å². The van der Waals surface area contributed by atoms with Gasteiger partial charge in [0.1, 0.15) is 5.82 Å². The molecule has 0 aliphatic rings. The van der Waals surface area contributed by atoms with Gasteiger partial charge in [-0.05, 0) is 24.3 Å². The summed E-state index contributed by atoms with van der Waals surface area (Å²) in [7, 11) is 0. The van der Waals surface area contributed by atoms with Crippen molar-refractivity contribution in [3.8, 4) is 0 Å². The van der Waals surface area contributed by atoms with Gasteiger partial charge < -0.3 is 5.32 Å². The van der Waals surface area contributed by atoms with Gasteiger partial charge in [-0.3, -0.25) is 0 Å². The van der Waals surface area contributed by atoms with Gasteiger partial charge in [0, 0.05) is 12.1 Å². The van der Waals surface area contributed by atoms with E-state index in [0.29, 0.717) is 6.42 Å². The minimum Gasteiger partial charge on any atom is -0.307 e. The molecule has 1 amide bonds. The summed E-state index contributed by atoms with van der Waals surface area (Å²) in [6, 6.07) is 16.9.